The van der Waals surface area contributed by atoms with Gasteiger partial charge in [-0.05, 0) is 24.3 Å². The number of ether oxygens (including phenoxy) is 2. The van der Waals surface area contributed by atoms with Gasteiger partial charge in [-0.3, -0.25) is 4.79 Å². The summed E-state index contributed by atoms with van der Waals surface area (Å²) in [6.45, 7) is 1.58. The lowest BCUT2D eigenvalue weighted by atomic mass is 10.2. The van der Waals surface area contributed by atoms with E-state index < -0.39 is 6.23 Å². The second-order valence-electron chi connectivity index (χ2n) is 4.98. The Morgan fingerprint density at radius 1 is 1.22 bits per heavy atom. The van der Waals surface area contributed by atoms with Crippen molar-refractivity contribution < 1.29 is 14.3 Å². The van der Waals surface area contributed by atoms with Gasteiger partial charge in [-0.2, -0.15) is 5.01 Å². The van der Waals surface area contributed by atoms with E-state index in [1.807, 2.05) is 30.3 Å². The number of carbonyl (C=O) groups is 1. The molecule has 5 nitrogen and oxygen atoms in total. The van der Waals surface area contributed by atoms with Crippen molar-refractivity contribution >= 4 is 23.4 Å². The Kier molecular flexibility index (Phi) is 4.48. The second-order valence-corrected chi connectivity index (χ2v) is 5.42. The van der Waals surface area contributed by atoms with Gasteiger partial charge in [-0.1, -0.05) is 41.9 Å². The third-order valence-electron chi connectivity index (χ3n) is 3.27. The summed E-state index contributed by atoms with van der Waals surface area (Å²) in [5.41, 5.74) is 0.855. The van der Waals surface area contributed by atoms with E-state index in [9.17, 15) is 4.79 Å². The number of benzene rings is 2. The summed E-state index contributed by atoms with van der Waals surface area (Å²) >= 11 is 5.83. The number of nitrogens with zero attached hydrogens (tertiary/aromatic N) is 2. The molecule has 0 aromatic heterocycles. The summed E-state index contributed by atoms with van der Waals surface area (Å²) in [5.74, 6) is 0.808. The van der Waals surface area contributed by atoms with Crippen molar-refractivity contribution in [2.24, 2.45) is 5.10 Å². The molecule has 118 valence electrons. The number of hydrogen-bond donors (Lipinski definition) is 0. The molecule has 0 saturated heterocycles. The molecule has 0 unspecified atom stereocenters. The van der Waals surface area contributed by atoms with Crippen molar-refractivity contribution in [3.63, 3.8) is 0 Å². The molecule has 6 heteroatoms. The fraction of sp³-hybridized carbons (Fsp3) is 0.176. The van der Waals surface area contributed by atoms with E-state index in [-0.39, 0.29) is 12.5 Å². The van der Waals surface area contributed by atoms with Crippen LogP contribution in [0.25, 0.3) is 0 Å². The van der Waals surface area contributed by atoms with Gasteiger partial charge < -0.3 is 9.47 Å². The molecule has 1 amide bonds. The van der Waals surface area contributed by atoms with E-state index in [2.05, 4.69) is 5.10 Å². The number of amides is 1. The molecular weight excluding hydrogens is 316 g/mol. The number of halogens is 1. The molecule has 0 spiro atoms. The average Bonchev–Trinajstić information content (AvgIpc) is 3.00. The fourth-order valence-electron chi connectivity index (χ4n) is 2.18. The van der Waals surface area contributed by atoms with Gasteiger partial charge >= 0.3 is 0 Å². The molecule has 0 bridgehead atoms. The first kappa shape index (κ1) is 15.4. The minimum Gasteiger partial charge on any atom is -0.484 e. The second kappa shape index (κ2) is 6.71. The van der Waals surface area contributed by atoms with Crippen LogP contribution in [0.15, 0.2) is 59.7 Å². The number of rotatable bonds is 4. The van der Waals surface area contributed by atoms with Crippen LogP contribution in [0, 0.1) is 0 Å². The Hall–Kier alpha value is -2.53. The Morgan fingerprint density at radius 3 is 2.57 bits per heavy atom. The van der Waals surface area contributed by atoms with Crippen LogP contribution in [0.3, 0.4) is 0 Å². The first-order chi connectivity index (χ1) is 11.1. The van der Waals surface area contributed by atoms with Crippen molar-refractivity contribution in [2.75, 3.05) is 6.61 Å². The molecular formula is C17H15ClN2O3. The van der Waals surface area contributed by atoms with Gasteiger partial charge in [0.05, 0.1) is 0 Å². The molecule has 1 atom stereocenters. The van der Waals surface area contributed by atoms with E-state index in [0.717, 1.165) is 5.56 Å². The van der Waals surface area contributed by atoms with E-state index in [1.54, 1.807) is 24.3 Å². The molecule has 2 aromatic rings. The highest BCUT2D eigenvalue weighted by Gasteiger charge is 2.32. The maximum Gasteiger partial charge on any atom is 0.247 e. The highest BCUT2D eigenvalue weighted by Crippen LogP contribution is 2.28. The lowest BCUT2D eigenvalue weighted by molar-refractivity contribution is -0.135. The van der Waals surface area contributed by atoms with Crippen LogP contribution in [-0.2, 0) is 9.53 Å². The van der Waals surface area contributed by atoms with Gasteiger partial charge in [-0.15, -0.1) is 5.10 Å². The van der Waals surface area contributed by atoms with Gasteiger partial charge in [-0.25, -0.2) is 0 Å². The quantitative estimate of drug-likeness (QED) is 0.860. The largest absolute Gasteiger partial charge is 0.484 e. The Bertz CT molecular complexity index is 716. The van der Waals surface area contributed by atoms with Crippen molar-refractivity contribution in [3.8, 4) is 5.75 Å². The first-order valence-electron chi connectivity index (χ1n) is 7.11. The van der Waals surface area contributed by atoms with Crippen molar-refractivity contribution in [3.05, 3.63) is 65.2 Å². The molecule has 23 heavy (non-hydrogen) atoms. The zero-order valence-corrected chi connectivity index (χ0v) is 13.2. The summed E-state index contributed by atoms with van der Waals surface area (Å²) in [7, 11) is 0. The van der Waals surface area contributed by atoms with E-state index >= 15 is 0 Å². The third-order valence-corrected chi connectivity index (χ3v) is 3.52. The maximum atomic E-state index is 11.8. The molecule has 0 fully saturated rings. The van der Waals surface area contributed by atoms with Crippen LogP contribution in [0.4, 0.5) is 0 Å². The minimum atomic E-state index is -0.558. The Balaban J connectivity index is 1.70. The molecule has 0 saturated carbocycles. The fourth-order valence-corrected chi connectivity index (χ4v) is 2.30. The summed E-state index contributed by atoms with van der Waals surface area (Å²) in [5, 5.41) is 6.16. The van der Waals surface area contributed by atoms with Gasteiger partial charge in [0.15, 0.2) is 6.61 Å². The molecule has 0 aliphatic carbocycles. The Labute approximate surface area is 139 Å². The highest BCUT2D eigenvalue weighted by atomic mass is 35.5. The van der Waals surface area contributed by atoms with Crippen molar-refractivity contribution in [1.29, 1.82) is 0 Å². The Morgan fingerprint density at radius 2 is 1.91 bits per heavy atom. The topological polar surface area (TPSA) is 51.1 Å². The smallest absolute Gasteiger partial charge is 0.247 e. The molecule has 3 rings (SSSR count). The molecule has 1 aliphatic heterocycles. The van der Waals surface area contributed by atoms with E-state index in [0.29, 0.717) is 16.7 Å². The van der Waals surface area contributed by atoms with Gasteiger partial charge in [0.25, 0.3) is 0 Å². The zero-order chi connectivity index (χ0) is 16.2. The average molecular weight is 331 g/mol. The summed E-state index contributed by atoms with van der Waals surface area (Å²) in [4.78, 5) is 11.8. The number of hydrazone groups is 1. The lowest BCUT2D eigenvalue weighted by Gasteiger charge is -2.19. The van der Waals surface area contributed by atoms with Crippen LogP contribution in [-0.4, -0.2) is 23.4 Å². The van der Waals surface area contributed by atoms with Crippen LogP contribution in [0.5, 0.6) is 5.75 Å². The summed E-state index contributed by atoms with van der Waals surface area (Å²) in [6.07, 6.45) is -0.558. The first-order valence-corrected chi connectivity index (χ1v) is 7.48. The van der Waals surface area contributed by atoms with Crippen LogP contribution < -0.4 is 4.74 Å². The van der Waals surface area contributed by atoms with Gasteiger partial charge in [0.2, 0.25) is 18.0 Å². The van der Waals surface area contributed by atoms with Gasteiger partial charge in [0.1, 0.15) is 5.75 Å². The molecule has 0 N–H and O–H groups in total. The SMILES string of the molecule is CC(=O)N1N=C(COc2ccc(Cl)cc2)O[C@@H]1c1ccccc1. The third kappa shape index (κ3) is 3.63. The zero-order valence-electron chi connectivity index (χ0n) is 12.5. The predicted octanol–water partition coefficient (Wildman–Crippen LogP) is 3.61. The number of carbonyl (C=O) groups excluding carboxylic acids is 1. The predicted molar refractivity (Wildman–Crippen MR) is 87.2 cm³/mol. The van der Waals surface area contributed by atoms with Crippen LogP contribution in [0.1, 0.15) is 18.7 Å². The van der Waals surface area contributed by atoms with E-state index in [4.69, 9.17) is 21.1 Å². The number of hydrogen-bond acceptors (Lipinski definition) is 4. The summed E-state index contributed by atoms with van der Waals surface area (Å²) in [6, 6.07) is 16.5. The van der Waals surface area contributed by atoms with Gasteiger partial charge in [0, 0.05) is 17.5 Å². The van der Waals surface area contributed by atoms with Crippen LogP contribution >= 0.6 is 11.6 Å². The maximum absolute atomic E-state index is 11.8. The molecule has 0 radical (unpaired) electrons. The van der Waals surface area contributed by atoms with Crippen molar-refractivity contribution in [2.45, 2.75) is 13.2 Å². The molecule has 1 aliphatic rings. The normalized spacial score (nSPS) is 16.7. The molecule has 2 aromatic carbocycles. The highest BCUT2D eigenvalue weighted by molar-refractivity contribution is 6.30. The van der Waals surface area contributed by atoms with Crippen molar-refractivity contribution in [1.82, 2.24) is 5.01 Å². The standard InChI is InChI=1S/C17H15ClN2O3/c1-12(21)20-17(13-5-3-2-4-6-13)23-16(19-20)11-22-15-9-7-14(18)8-10-15/h2-10,17H,11H2,1H3/t17-/m1/s1. The van der Waals surface area contributed by atoms with E-state index in [1.165, 1.54) is 11.9 Å². The minimum absolute atomic E-state index is 0.134. The van der Waals surface area contributed by atoms with Crippen LogP contribution in [0.2, 0.25) is 5.02 Å². The molecule has 1 heterocycles. The summed E-state index contributed by atoms with van der Waals surface area (Å²) < 4.78 is 11.4. The lowest BCUT2D eigenvalue weighted by Crippen LogP contribution is -2.25. The monoisotopic (exact) mass is 330 g/mol.